The standard InChI is InChI=1S/C21H19NO4/c23-14-13-22(12-6-9-16-7-2-1-3-8-16)20(24)18-15-17-10-4-5-11-19(17)26-21(18)25/h1-11,15,23H,12-14H2/b9-6+. The van der Waals surface area contributed by atoms with Crippen LogP contribution < -0.4 is 5.63 Å². The maximum atomic E-state index is 12.8. The van der Waals surface area contributed by atoms with E-state index >= 15 is 0 Å². The van der Waals surface area contributed by atoms with Crippen molar-refractivity contribution >= 4 is 23.0 Å². The number of carbonyl (C=O) groups is 1. The molecule has 26 heavy (non-hydrogen) atoms. The molecule has 3 aromatic rings. The van der Waals surface area contributed by atoms with Gasteiger partial charge in [0.15, 0.2) is 0 Å². The number of amides is 1. The Balaban J connectivity index is 1.83. The Kier molecular flexibility index (Phi) is 5.61. The first kappa shape index (κ1) is 17.6. The third-order valence-corrected chi connectivity index (χ3v) is 3.96. The fraction of sp³-hybridized carbons (Fsp3) is 0.143. The Labute approximate surface area is 150 Å². The molecule has 0 atom stereocenters. The number of hydrogen-bond donors (Lipinski definition) is 1. The Bertz CT molecular complexity index is 976. The summed E-state index contributed by atoms with van der Waals surface area (Å²) in [6, 6.07) is 18.3. The van der Waals surface area contributed by atoms with Gasteiger partial charge in [-0.2, -0.15) is 0 Å². The van der Waals surface area contributed by atoms with Crippen molar-refractivity contribution < 1.29 is 14.3 Å². The second-order valence-electron chi connectivity index (χ2n) is 5.77. The second-order valence-corrected chi connectivity index (χ2v) is 5.77. The van der Waals surface area contributed by atoms with E-state index in [0.29, 0.717) is 11.0 Å². The molecule has 0 spiro atoms. The molecule has 0 radical (unpaired) electrons. The number of aliphatic hydroxyl groups excluding tert-OH is 1. The van der Waals surface area contributed by atoms with Gasteiger partial charge in [-0.3, -0.25) is 4.79 Å². The van der Waals surface area contributed by atoms with Crippen molar-refractivity contribution in [3.63, 3.8) is 0 Å². The minimum absolute atomic E-state index is 0.0368. The summed E-state index contributed by atoms with van der Waals surface area (Å²) in [7, 11) is 0. The highest BCUT2D eigenvalue weighted by molar-refractivity contribution is 5.96. The van der Waals surface area contributed by atoms with Crippen molar-refractivity contribution in [3.8, 4) is 0 Å². The van der Waals surface area contributed by atoms with Crippen LogP contribution in [0.2, 0.25) is 0 Å². The van der Waals surface area contributed by atoms with E-state index in [1.54, 1.807) is 18.2 Å². The van der Waals surface area contributed by atoms with Crippen LogP contribution in [0, 0.1) is 0 Å². The van der Waals surface area contributed by atoms with E-state index in [1.165, 1.54) is 11.0 Å². The van der Waals surface area contributed by atoms with E-state index in [9.17, 15) is 14.7 Å². The van der Waals surface area contributed by atoms with E-state index < -0.39 is 11.5 Å². The Hall–Kier alpha value is -3.18. The highest BCUT2D eigenvalue weighted by Gasteiger charge is 2.19. The number of aliphatic hydroxyl groups is 1. The second kappa shape index (κ2) is 8.27. The summed E-state index contributed by atoms with van der Waals surface area (Å²) in [6.45, 7) is 0.217. The van der Waals surface area contributed by atoms with E-state index in [2.05, 4.69) is 0 Å². The molecule has 0 bridgehead atoms. The minimum atomic E-state index is -0.677. The van der Waals surface area contributed by atoms with Gasteiger partial charge < -0.3 is 14.4 Å². The predicted molar refractivity (Wildman–Crippen MR) is 101 cm³/mol. The van der Waals surface area contributed by atoms with Crippen LogP contribution in [0.4, 0.5) is 0 Å². The zero-order chi connectivity index (χ0) is 18.4. The lowest BCUT2D eigenvalue weighted by molar-refractivity contribution is 0.0739. The summed E-state index contributed by atoms with van der Waals surface area (Å²) in [5.41, 5.74) is 0.731. The summed E-state index contributed by atoms with van der Waals surface area (Å²) in [4.78, 5) is 26.4. The normalized spacial score (nSPS) is 11.1. The van der Waals surface area contributed by atoms with E-state index in [4.69, 9.17) is 4.42 Å². The van der Waals surface area contributed by atoms with Crippen molar-refractivity contribution in [2.45, 2.75) is 0 Å². The average Bonchev–Trinajstić information content (AvgIpc) is 2.67. The Morgan fingerprint density at radius 1 is 1.08 bits per heavy atom. The van der Waals surface area contributed by atoms with Gasteiger partial charge in [0, 0.05) is 18.5 Å². The molecule has 1 heterocycles. The average molecular weight is 349 g/mol. The molecule has 1 N–H and O–H groups in total. The van der Waals surface area contributed by atoms with Crippen molar-refractivity contribution in [1.29, 1.82) is 0 Å². The van der Waals surface area contributed by atoms with Gasteiger partial charge in [0.2, 0.25) is 0 Å². The van der Waals surface area contributed by atoms with Gasteiger partial charge in [-0.05, 0) is 17.7 Å². The quantitative estimate of drug-likeness (QED) is 0.695. The first-order valence-electron chi connectivity index (χ1n) is 8.33. The molecule has 5 heteroatoms. The molecule has 0 fully saturated rings. The SMILES string of the molecule is O=C(c1cc2ccccc2oc1=O)N(C/C=C/c1ccccc1)CCO. The molecule has 0 unspecified atom stereocenters. The summed E-state index contributed by atoms with van der Waals surface area (Å²) >= 11 is 0. The predicted octanol–water partition coefficient (Wildman–Crippen LogP) is 2.94. The smallest absolute Gasteiger partial charge is 0.349 e. The van der Waals surface area contributed by atoms with Crippen LogP contribution in [0.3, 0.4) is 0 Å². The van der Waals surface area contributed by atoms with E-state index in [1.807, 2.05) is 48.6 Å². The van der Waals surface area contributed by atoms with Crippen LogP contribution in [0.1, 0.15) is 15.9 Å². The number of fused-ring (bicyclic) bond motifs is 1. The third-order valence-electron chi connectivity index (χ3n) is 3.96. The largest absolute Gasteiger partial charge is 0.422 e. The minimum Gasteiger partial charge on any atom is -0.422 e. The maximum Gasteiger partial charge on any atom is 0.349 e. The van der Waals surface area contributed by atoms with Crippen LogP contribution in [-0.2, 0) is 0 Å². The molecule has 0 aliphatic carbocycles. The van der Waals surface area contributed by atoms with Gasteiger partial charge in [-0.1, -0.05) is 60.7 Å². The van der Waals surface area contributed by atoms with Crippen LogP contribution in [-0.4, -0.2) is 35.6 Å². The van der Waals surface area contributed by atoms with Crippen LogP contribution in [0.15, 0.2) is 76.0 Å². The van der Waals surface area contributed by atoms with Crippen molar-refractivity contribution in [3.05, 3.63) is 88.3 Å². The molecule has 1 amide bonds. The fourth-order valence-electron chi connectivity index (χ4n) is 2.66. The molecular formula is C21H19NO4. The summed E-state index contributed by atoms with van der Waals surface area (Å²) < 4.78 is 5.23. The number of carbonyl (C=O) groups excluding carboxylic acids is 1. The highest BCUT2D eigenvalue weighted by atomic mass is 16.4. The van der Waals surface area contributed by atoms with Gasteiger partial charge in [-0.15, -0.1) is 0 Å². The first-order valence-corrected chi connectivity index (χ1v) is 8.33. The van der Waals surface area contributed by atoms with Crippen molar-refractivity contribution in [2.24, 2.45) is 0 Å². The summed E-state index contributed by atoms with van der Waals surface area (Å²) in [5, 5.41) is 9.95. The molecular weight excluding hydrogens is 330 g/mol. The monoisotopic (exact) mass is 349 g/mol. The number of rotatable bonds is 6. The highest BCUT2D eigenvalue weighted by Crippen LogP contribution is 2.14. The van der Waals surface area contributed by atoms with Gasteiger partial charge in [-0.25, -0.2) is 4.79 Å². The molecule has 5 nitrogen and oxygen atoms in total. The number of para-hydroxylation sites is 1. The Morgan fingerprint density at radius 3 is 2.58 bits per heavy atom. The van der Waals surface area contributed by atoms with Gasteiger partial charge in [0.05, 0.1) is 6.61 Å². The molecule has 0 aliphatic heterocycles. The summed E-state index contributed by atoms with van der Waals surface area (Å²) in [5.74, 6) is -0.462. The van der Waals surface area contributed by atoms with E-state index in [0.717, 1.165) is 5.56 Å². The number of nitrogens with zero attached hydrogens (tertiary/aromatic N) is 1. The third kappa shape index (κ3) is 4.07. The van der Waals surface area contributed by atoms with Gasteiger partial charge >= 0.3 is 5.63 Å². The molecule has 0 saturated heterocycles. The number of benzene rings is 2. The zero-order valence-electron chi connectivity index (χ0n) is 14.2. The molecule has 0 saturated carbocycles. The first-order chi connectivity index (χ1) is 12.7. The van der Waals surface area contributed by atoms with Crippen LogP contribution >= 0.6 is 0 Å². The van der Waals surface area contributed by atoms with Gasteiger partial charge in [0.25, 0.3) is 5.91 Å². The lowest BCUT2D eigenvalue weighted by atomic mass is 10.1. The summed E-state index contributed by atoms with van der Waals surface area (Å²) in [6.07, 6.45) is 3.71. The molecule has 132 valence electrons. The zero-order valence-corrected chi connectivity index (χ0v) is 14.2. The Morgan fingerprint density at radius 2 is 1.81 bits per heavy atom. The van der Waals surface area contributed by atoms with Crippen LogP contribution in [0.5, 0.6) is 0 Å². The van der Waals surface area contributed by atoms with Gasteiger partial charge in [0.1, 0.15) is 11.1 Å². The van der Waals surface area contributed by atoms with E-state index in [-0.39, 0.29) is 25.3 Å². The van der Waals surface area contributed by atoms with Crippen molar-refractivity contribution in [1.82, 2.24) is 4.90 Å². The molecule has 0 aliphatic rings. The van der Waals surface area contributed by atoms with Crippen LogP contribution in [0.25, 0.3) is 17.0 Å². The topological polar surface area (TPSA) is 70.8 Å². The van der Waals surface area contributed by atoms with Crippen molar-refractivity contribution in [2.75, 3.05) is 19.7 Å². The number of hydrogen-bond acceptors (Lipinski definition) is 4. The molecule has 2 aromatic carbocycles. The lowest BCUT2D eigenvalue weighted by Gasteiger charge is -2.19. The fourth-order valence-corrected chi connectivity index (χ4v) is 2.66. The molecule has 3 rings (SSSR count). The maximum absolute atomic E-state index is 12.8. The lowest BCUT2D eigenvalue weighted by Crippen LogP contribution is -2.36. The molecule has 1 aromatic heterocycles.